The maximum Gasteiger partial charge on any atom is 0.212 e. The third kappa shape index (κ3) is 7.20. The van der Waals surface area contributed by atoms with E-state index in [1.807, 2.05) is 0 Å². The smallest absolute Gasteiger partial charge is 0.212 e. The third-order valence-electron chi connectivity index (χ3n) is 5.14. The second-order valence-corrected chi connectivity index (χ2v) is 7.57. The van der Waals surface area contributed by atoms with Crippen LogP contribution in [0.5, 0.6) is 11.8 Å². The van der Waals surface area contributed by atoms with Crippen LogP contribution >= 0.6 is 12.4 Å². The van der Waals surface area contributed by atoms with Gasteiger partial charge in [0.2, 0.25) is 11.8 Å². The summed E-state index contributed by atoms with van der Waals surface area (Å²) < 4.78 is 40.4. The normalized spacial score (nSPS) is 10.7. The molecule has 0 unspecified atom stereocenters. The van der Waals surface area contributed by atoms with Gasteiger partial charge in [-0.2, -0.15) is 15.3 Å². The van der Waals surface area contributed by atoms with Crippen molar-refractivity contribution in [1.82, 2.24) is 19.6 Å². The summed E-state index contributed by atoms with van der Waals surface area (Å²) in [6.45, 7) is 0.455. The molecular formula is C24H28ClF2N9O2. The van der Waals surface area contributed by atoms with Gasteiger partial charge in [-0.25, -0.2) is 18.1 Å². The maximum atomic E-state index is 13.6. The second-order valence-electron chi connectivity index (χ2n) is 7.57. The highest BCUT2D eigenvalue weighted by molar-refractivity contribution is 5.95. The van der Waals surface area contributed by atoms with Gasteiger partial charge >= 0.3 is 0 Å². The number of nitrogens with zero attached hydrogens (tertiary/aromatic N) is 5. The summed E-state index contributed by atoms with van der Waals surface area (Å²) in [4.78, 5) is 0. The molecule has 0 aliphatic carbocycles. The lowest BCUT2D eigenvalue weighted by molar-refractivity contribution is 0.365. The third-order valence-corrected chi connectivity index (χ3v) is 5.14. The molecule has 0 radical (unpaired) electrons. The van der Waals surface area contributed by atoms with Gasteiger partial charge in [0.1, 0.15) is 28.9 Å². The van der Waals surface area contributed by atoms with Gasteiger partial charge in [0, 0.05) is 23.3 Å². The number of halogens is 3. The van der Waals surface area contributed by atoms with Crippen molar-refractivity contribution < 1.29 is 18.3 Å². The highest BCUT2D eigenvalue weighted by Crippen LogP contribution is 2.18. The number of benzene rings is 2. The molecule has 2 heterocycles. The fourth-order valence-corrected chi connectivity index (χ4v) is 3.25. The van der Waals surface area contributed by atoms with E-state index in [1.54, 1.807) is 48.5 Å². The van der Waals surface area contributed by atoms with Crippen LogP contribution < -0.4 is 26.8 Å². The number of nitrogen functional groups attached to an aromatic ring is 1. The molecule has 0 amide bonds. The molecule has 7 N–H and O–H groups in total. The summed E-state index contributed by atoms with van der Waals surface area (Å²) >= 11 is 0. The van der Waals surface area contributed by atoms with Gasteiger partial charge < -0.3 is 26.8 Å². The standard InChI is InChI=1S/C12H14FN5O.C12H13FN4O.ClH/c1-19-11-6-10(12(14)16-15)17-18(11)7-8-4-2-3-5-9(8)13;1-18-11-6-10(12(14)15)16-17(11)7-8-4-2-3-5-9(8)13;/h2-6H,7,15H2,1H3,(H2,14,16);2-6H,7H2,1H3,(H3,14,15);1H. The van der Waals surface area contributed by atoms with E-state index < -0.39 is 0 Å². The Hall–Kier alpha value is -4.65. The zero-order valence-electron chi connectivity index (χ0n) is 20.6. The summed E-state index contributed by atoms with van der Waals surface area (Å²) in [5, 5.41) is 18.9. The SMILES string of the molecule is COc1cc(C(=N)N)nn1Cc1ccccc1F.COc1cc(C(N)=NN)nn1Cc1ccccc1F.Cl. The highest BCUT2D eigenvalue weighted by atomic mass is 35.5. The molecular weight excluding hydrogens is 520 g/mol. The van der Waals surface area contributed by atoms with Crippen LogP contribution in [0.1, 0.15) is 22.5 Å². The molecule has 0 atom stereocenters. The van der Waals surface area contributed by atoms with E-state index in [-0.39, 0.29) is 48.8 Å². The lowest BCUT2D eigenvalue weighted by atomic mass is 10.2. The fourth-order valence-electron chi connectivity index (χ4n) is 3.25. The van der Waals surface area contributed by atoms with E-state index in [0.29, 0.717) is 34.3 Å². The Morgan fingerprint density at radius 1 is 0.842 bits per heavy atom. The second kappa shape index (κ2) is 13.6. The van der Waals surface area contributed by atoms with Crippen molar-refractivity contribution in [3.63, 3.8) is 0 Å². The van der Waals surface area contributed by atoms with Crippen LogP contribution in [-0.2, 0) is 13.1 Å². The topological polar surface area (TPSA) is 168 Å². The Bertz CT molecular complexity index is 1410. The van der Waals surface area contributed by atoms with Gasteiger partial charge in [-0.3, -0.25) is 5.41 Å². The first-order valence-corrected chi connectivity index (χ1v) is 10.9. The van der Waals surface area contributed by atoms with Crippen molar-refractivity contribution >= 4 is 24.1 Å². The van der Waals surface area contributed by atoms with Gasteiger partial charge in [-0.05, 0) is 12.1 Å². The van der Waals surface area contributed by atoms with Crippen molar-refractivity contribution in [3.05, 3.63) is 94.8 Å². The van der Waals surface area contributed by atoms with Gasteiger partial charge in [-0.1, -0.05) is 36.4 Å². The fraction of sp³-hybridized carbons (Fsp3) is 0.167. The minimum Gasteiger partial charge on any atom is -0.481 e. The van der Waals surface area contributed by atoms with Gasteiger partial charge in [0.15, 0.2) is 5.84 Å². The molecule has 4 aromatic rings. The van der Waals surface area contributed by atoms with E-state index in [1.165, 1.54) is 35.7 Å². The predicted octanol–water partition coefficient (Wildman–Crippen LogP) is 2.44. The van der Waals surface area contributed by atoms with Crippen LogP contribution in [0.3, 0.4) is 0 Å². The van der Waals surface area contributed by atoms with Crippen LogP contribution in [0.4, 0.5) is 8.78 Å². The summed E-state index contributed by atoms with van der Waals surface area (Å²) in [6, 6.07) is 16.0. The Balaban J connectivity index is 0.000000260. The zero-order chi connectivity index (χ0) is 26.9. The summed E-state index contributed by atoms with van der Waals surface area (Å²) in [6.07, 6.45) is 0. The molecule has 38 heavy (non-hydrogen) atoms. The Morgan fingerprint density at radius 3 is 1.66 bits per heavy atom. The monoisotopic (exact) mass is 547 g/mol. The average molecular weight is 548 g/mol. The highest BCUT2D eigenvalue weighted by Gasteiger charge is 2.13. The first kappa shape index (κ1) is 29.6. The molecule has 2 aromatic carbocycles. The lowest BCUT2D eigenvalue weighted by Crippen LogP contribution is -2.17. The van der Waals surface area contributed by atoms with Gasteiger partial charge in [0.05, 0.1) is 27.3 Å². The minimum absolute atomic E-state index is 0. The molecule has 202 valence electrons. The number of amidine groups is 2. The molecule has 14 heteroatoms. The molecule has 11 nitrogen and oxygen atoms in total. The Morgan fingerprint density at radius 2 is 1.26 bits per heavy atom. The van der Waals surface area contributed by atoms with Gasteiger partial charge in [-0.15, -0.1) is 12.4 Å². The van der Waals surface area contributed by atoms with Crippen molar-refractivity contribution in [2.45, 2.75) is 13.1 Å². The van der Waals surface area contributed by atoms with E-state index in [0.717, 1.165) is 0 Å². The van der Waals surface area contributed by atoms with Crippen LogP contribution in [0.25, 0.3) is 0 Å². The Kier molecular flexibility index (Phi) is 10.6. The van der Waals surface area contributed by atoms with E-state index >= 15 is 0 Å². The number of hydrogen-bond donors (Lipinski definition) is 4. The molecule has 0 aliphatic heterocycles. The molecule has 0 bridgehead atoms. The van der Waals surface area contributed by atoms with E-state index in [9.17, 15) is 8.78 Å². The first-order valence-electron chi connectivity index (χ1n) is 10.9. The van der Waals surface area contributed by atoms with Crippen LogP contribution in [0, 0.1) is 17.0 Å². The number of hydrogen-bond acceptors (Lipinski definition) is 7. The molecule has 0 spiro atoms. The number of ether oxygens (including phenoxy) is 2. The molecule has 0 aliphatic rings. The quantitative estimate of drug-likeness (QED) is 0.114. The van der Waals surface area contributed by atoms with E-state index in [4.69, 9.17) is 32.2 Å². The molecule has 0 fully saturated rings. The number of nitrogens with one attached hydrogen (secondary N) is 1. The predicted molar refractivity (Wildman–Crippen MR) is 142 cm³/mol. The summed E-state index contributed by atoms with van der Waals surface area (Å²) in [5.41, 5.74) is 12.6. The number of rotatable bonds is 8. The molecule has 2 aromatic heterocycles. The maximum absolute atomic E-state index is 13.6. The van der Waals surface area contributed by atoms with Crippen molar-refractivity contribution in [2.75, 3.05) is 14.2 Å². The number of hydrazone groups is 1. The molecule has 0 saturated heterocycles. The molecule has 0 saturated carbocycles. The summed E-state index contributed by atoms with van der Waals surface area (Å²) in [5.74, 6) is 5.30. The zero-order valence-corrected chi connectivity index (χ0v) is 21.5. The van der Waals surface area contributed by atoms with Crippen LogP contribution in [0.2, 0.25) is 0 Å². The van der Waals surface area contributed by atoms with Crippen molar-refractivity contribution in [1.29, 1.82) is 5.41 Å². The van der Waals surface area contributed by atoms with Crippen molar-refractivity contribution in [3.8, 4) is 11.8 Å². The Labute approximate surface area is 223 Å². The average Bonchev–Trinajstić information content (AvgIpc) is 3.50. The van der Waals surface area contributed by atoms with E-state index in [2.05, 4.69) is 15.3 Å². The number of methoxy groups -OCH3 is 2. The first-order chi connectivity index (χ1) is 17.8. The number of aromatic nitrogens is 4. The minimum atomic E-state index is -0.306. The van der Waals surface area contributed by atoms with Crippen LogP contribution in [-0.4, -0.2) is 45.5 Å². The largest absolute Gasteiger partial charge is 0.481 e. The molecule has 4 rings (SSSR count). The summed E-state index contributed by atoms with van der Waals surface area (Å²) in [7, 11) is 2.98. The number of nitrogens with two attached hydrogens (primary N) is 3. The van der Waals surface area contributed by atoms with Crippen LogP contribution in [0.15, 0.2) is 65.8 Å². The van der Waals surface area contributed by atoms with Crippen molar-refractivity contribution in [2.24, 2.45) is 22.4 Å². The van der Waals surface area contributed by atoms with Gasteiger partial charge in [0.25, 0.3) is 0 Å². The lowest BCUT2D eigenvalue weighted by Gasteiger charge is -2.06.